The predicted molar refractivity (Wildman–Crippen MR) is 109 cm³/mol. The van der Waals surface area contributed by atoms with Crippen LogP contribution in [-0.4, -0.2) is 37.1 Å². The van der Waals surface area contributed by atoms with E-state index in [0.717, 1.165) is 11.6 Å². The molecule has 4 rings (SSSR count). The minimum Gasteiger partial charge on any atom is -0.491 e. The molecule has 2 atom stereocenters. The van der Waals surface area contributed by atoms with E-state index >= 15 is 0 Å². The van der Waals surface area contributed by atoms with E-state index in [-0.39, 0.29) is 30.4 Å². The Labute approximate surface area is 180 Å². The average Bonchev–Trinajstić information content (AvgIpc) is 2.95. The quantitative estimate of drug-likeness (QED) is 0.500. The van der Waals surface area contributed by atoms with Gasteiger partial charge in [-0.1, -0.05) is 43.7 Å². The summed E-state index contributed by atoms with van der Waals surface area (Å²) in [6, 6.07) is 6.35. The first-order valence-corrected chi connectivity index (χ1v) is 11.7. The van der Waals surface area contributed by atoms with E-state index in [9.17, 15) is 29.3 Å². The number of aliphatic hydroxyl groups excluding tert-OH is 1. The standard InChI is InChI=1S/C20H21F5N2O4S/c21-32(22,23,24,25)14-5-6-18(31-11-12-9-30-10-12)16(8-14)26-20(29)27-19-15-4-2-1-3-13(15)7-17(19)28/h1-6,8,12,17,19,28H,7,9-11H2,(H2,26,27,29)/t17-,19+/m0/s1. The molecule has 1 aliphatic carbocycles. The maximum Gasteiger partial charge on any atom is 0.319 e. The zero-order chi connectivity index (χ0) is 23.2. The summed E-state index contributed by atoms with van der Waals surface area (Å²) in [5, 5.41) is 14.9. The van der Waals surface area contributed by atoms with Crippen molar-refractivity contribution in [2.24, 2.45) is 5.92 Å². The monoisotopic (exact) mass is 480 g/mol. The highest BCUT2D eigenvalue weighted by Crippen LogP contribution is 3.02. The lowest BCUT2D eigenvalue weighted by atomic mass is 10.1. The van der Waals surface area contributed by atoms with E-state index in [0.29, 0.717) is 25.2 Å². The number of rotatable bonds is 6. The van der Waals surface area contributed by atoms with Crippen molar-refractivity contribution in [3.8, 4) is 5.75 Å². The number of aliphatic hydroxyl groups is 1. The Morgan fingerprint density at radius 2 is 1.84 bits per heavy atom. The van der Waals surface area contributed by atoms with Crippen molar-refractivity contribution in [3.63, 3.8) is 0 Å². The number of halogens is 5. The fraction of sp³-hybridized carbons (Fsp3) is 0.350. The number of anilines is 1. The van der Waals surface area contributed by atoms with Crippen LogP contribution in [0.1, 0.15) is 17.2 Å². The molecule has 32 heavy (non-hydrogen) atoms. The van der Waals surface area contributed by atoms with Crippen LogP contribution in [0.15, 0.2) is 47.4 Å². The van der Waals surface area contributed by atoms with Gasteiger partial charge in [-0.15, -0.1) is 0 Å². The van der Waals surface area contributed by atoms with Crippen molar-refractivity contribution in [1.29, 1.82) is 0 Å². The van der Waals surface area contributed by atoms with Gasteiger partial charge in [0.1, 0.15) is 10.6 Å². The average molecular weight is 480 g/mol. The molecule has 0 unspecified atom stereocenters. The minimum absolute atomic E-state index is 0.0112. The lowest BCUT2D eigenvalue weighted by Crippen LogP contribution is -2.37. The number of nitrogens with one attached hydrogen (secondary N) is 2. The van der Waals surface area contributed by atoms with Gasteiger partial charge >= 0.3 is 16.3 Å². The lowest BCUT2D eigenvalue weighted by Gasteiger charge is -2.40. The van der Waals surface area contributed by atoms with E-state index in [4.69, 9.17) is 9.47 Å². The van der Waals surface area contributed by atoms with Gasteiger partial charge < -0.3 is 25.2 Å². The van der Waals surface area contributed by atoms with Crippen molar-refractivity contribution in [3.05, 3.63) is 53.6 Å². The van der Waals surface area contributed by atoms with Crippen molar-refractivity contribution in [2.75, 3.05) is 25.1 Å². The maximum atomic E-state index is 13.3. The van der Waals surface area contributed by atoms with Gasteiger partial charge in [0.2, 0.25) is 0 Å². The van der Waals surface area contributed by atoms with Gasteiger partial charge in [0.05, 0.1) is 37.7 Å². The Bertz CT molecular complexity index is 1050. The largest absolute Gasteiger partial charge is 0.491 e. The number of benzene rings is 2. The number of hydrogen-bond acceptors (Lipinski definition) is 4. The Morgan fingerprint density at radius 3 is 2.50 bits per heavy atom. The summed E-state index contributed by atoms with van der Waals surface area (Å²) in [5.74, 6) is -0.179. The van der Waals surface area contributed by atoms with Gasteiger partial charge in [-0.05, 0) is 29.3 Å². The second kappa shape index (κ2) is 7.22. The molecule has 0 bridgehead atoms. The van der Waals surface area contributed by atoms with Crippen LogP contribution in [0.4, 0.5) is 29.9 Å². The molecule has 176 valence electrons. The molecule has 1 aliphatic heterocycles. The molecule has 0 radical (unpaired) electrons. The number of fused-ring (bicyclic) bond motifs is 1. The summed E-state index contributed by atoms with van der Waals surface area (Å²) in [6.07, 6.45) is -0.651. The van der Waals surface area contributed by atoms with Crippen LogP contribution in [0.3, 0.4) is 0 Å². The molecule has 2 aromatic rings. The summed E-state index contributed by atoms with van der Waals surface area (Å²) < 4.78 is 76.9. The molecule has 1 saturated heterocycles. The first-order valence-electron chi connectivity index (χ1n) is 9.72. The zero-order valence-electron chi connectivity index (χ0n) is 16.6. The molecule has 3 N–H and O–H groups in total. The highest BCUT2D eigenvalue weighted by atomic mass is 32.5. The Balaban J connectivity index is 1.56. The Morgan fingerprint density at radius 1 is 1.12 bits per heavy atom. The number of hydrogen-bond donors (Lipinski definition) is 3. The molecule has 2 amide bonds. The van der Waals surface area contributed by atoms with E-state index in [2.05, 4.69) is 10.6 Å². The van der Waals surface area contributed by atoms with Gasteiger partial charge in [-0.25, -0.2) is 4.79 Å². The molecule has 0 aromatic heterocycles. The fourth-order valence-corrected chi connectivity index (χ4v) is 4.27. The zero-order valence-corrected chi connectivity index (χ0v) is 17.4. The molecule has 0 spiro atoms. The molecule has 6 nitrogen and oxygen atoms in total. The molecular formula is C20H21F5N2O4S. The minimum atomic E-state index is -9.98. The van der Waals surface area contributed by atoms with E-state index in [1.165, 1.54) is 0 Å². The van der Waals surface area contributed by atoms with Crippen LogP contribution in [0.5, 0.6) is 5.75 Å². The third-order valence-electron chi connectivity index (χ3n) is 5.32. The fourth-order valence-electron chi connectivity index (χ4n) is 3.61. The van der Waals surface area contributed by atoms with Gasteiger partial charge in [0, 0.05) is 12.3 Å². The highest BCUT2D eigenvalue weighted by Gasteiger charge is 2.65. The molecule has 2 aromatic carbocycles. The van der Waals surface area contributed by atoms with Crippen LogP contribution in [0.2, 0.25) is 0 Å². The van der Waals surface area contributed by atoms with Crippen LogP contribution in [0.25, 0.3) is 0 Å². The highest BCUT2D eigenvalue weighted by molar-refractivity contribution is 8.45. The summed E-state index contributed by atoms with van der Waals surface area (Å²) in [4.78, 5) is 10.4. The summed E-state index contributed by atoms with van der Waals surface area (Å²) in [5.41, 5.74) is 0.923. The van der Waals surface area contributed by atoms with Crippen LogP contribution >= 0.6 is 10.2 Å². The van der Waals surface area contributed by atoms with Crippen LogP contribution in [0, 0.1) is 5.92 Å². The summed E-state index contributed by atoms with van der Waals surface area (Å²) in [6.45, 7) is 0.901. The second-order valence-corrected chi connectivity index (χ2v) is 10.3. The van der Waals surface area contributed by atoms with Crippen LogP contribution < -0.4 is 15.4 Å². The third kappa shape index (κ3) is 4.92. The molecule has 0 saturated carbocycles. The Kier molecular flexibility index (Phi) is 5.10. The third-order valence-corrected chi connectivity index (χ3v) is 6.46. The maximum absolute atomic E-state index is 13.3. The molecule has 1 heterocycles. The van der Waals surface area contributed by atoms with Crippen molar-refractivity contribution >= 4 is 21.9 Å². The van der Waals surface area contributed by atoms with Gasteiger partial charge in [-0.3, -0.25) is 0 Å². The van der Waals surface area contributed by atoms with E-state index in [1.54, 1.807) is 24.3 Å². The number of carbonyl (C=O) groups excluding carboxylic acids is 1. The Hall–Kier alpha value is -2.57. The van der Waals surface area contributed by atoms with E-state index in [1.807, 2.05) is 0 Å². The van der Waals surface area contributed by atoms with Gasteiger partial charge in [0.15, 0.2) is 0 Å². The van der Waals surface area contributed by atoms with Gasteiger partial charge in [-0.2, -0.15) is 0 Å². The first kappa shape index (κ1) is 22.6. The van der Waals surface area contributed by atoms with E-state index < -0.39 is 39.0 Å². The van der Waals surface area contributed by atoms with Crippen molar-refractivity contribution in [2.45, 2.75) is 23.5 Å². The topological polar surface area (TPSA) is 79.8 Å². The molecular weight excluding hydrogens is 459 g/mol. The molecule has 1 fully saturated rings. The number of urea groups is 1. The normalized spacial score (nSPS) is 22.8. The predicted octanol–water partition coefficient (Wildman–Crippen LogP) is 5.15. The molecule has 12 heteroatoms. The number of ether oxygens (including phenoxy) is 2. The number of amides is 2. The smallest absolute Gasteiger partial charge is 0.319 e. The summed E-state index contributed by atoms with van der Waals surface area (Å²) >= 11 is 0. The second-order valence-electron chi connectivity index (χ2n) is 7.89. The van der Waals surface area contributed by atoms with Crippen LogP contribution in [-0.2, 0) is 11.2 Å². The number of carbonyl (C=O) groups is 1. The van der Waals surface area contributed by atoms with Gasteiger partial charge in [0.25, 0.3) is 0 Å². The first-order chi connectivity index (χ1) is 14.8. The lowest BCUT2D eigenvalue weighted by molar-refractivity contribution is -0.0507. The summed E-state index contributed by atoms with van der Waals surface area (Å²) in [7, 11) is -9.98. The molecule has 2 aliphatic rings. The SMILES string of the molecule is O=C(Nc1cc(S(F)(F)(F)(F)F)ccc1OCC1COC1)N[C@@H]1c2ccccc2C[C@@H]1O. The van der Waals surface area contributed by atoms with Crippen molar-refractivity contribution in [1.82, 2.24) is 5.32 Å². The van der Waals surface area contributed by atoms with Crippen molar-refractivity contribution < 1.29 is 38.8 Å².